The second kappa shape index (κ2) is 3.29. The van der Waals surface area contributed by atoms with E-state index in [2.05, 4.69) is 0 Å². The minimum Gasteiger partial charge on any atom is -0.465 e. The smallest absolute Gasteiger partial charge is 0.407 e. The van der Waals surface area contributed by atoms with Gasteiger partial charge in [0.2, 0.25) is 0 Å². The number of aliphatic hydroxyl groups excluding tert-OH is 1. The molecule has 54 valence electrons. The normalized spacial score (nSPS) is 12.8. The molecule has 0 aromatic heterocycles. The molecule has 9 heavy (non-hydrogen) atoms. The maximum atomic E-state index is 10.0. The van der Waals surface area contributed by atoms with Crippen LogP contribution in [0.4, 0.5) is 4.79 Å². The zero-order valence-corrected chi connectivity index (χ0v) is 5.53. The van der Waals surface area contributed by atoms with Gasteiger partial charge in [0.1, 0.15) is 0 Å². The van der Waals surface area contributed by atoms with Crippen LogP contribution in [-0.4, -0.2) is 40.9 Å². The van der Waals surface area contributed by atoms with Crippen molar-refractivity contribution in [3.05, 3.63) is 0 Å². The molecular formula is C5H11NO3. The van der Waals surface area contributed by atoms with Crippen LogP contribution in [0, 0.1) is 0 Å². The van der Waals surface area contributed by atoms with Crippen LogP contribution in [0.3, 0.4) is 0 Å². The summed E-state index contributed by atoms with van der Waals surface area (Å²) in [5, 5.41) is 16.9. The zero-order valence-electron chi connectivity index (χ0n) is 5.53. The van der Waals surface area contributed by atoms with E-state index in [1.54, 1.807) is 6.92 Å². The predicted octanol–water partition coefficient (Wildman–Crippen LogP) is -0.0230. The molecule has 2 N–H and O–H groups in total. The SMILES string of the molecule is CC(O)CN(C)C(=O)O. The largest absolute Gasteiger partial charge is 0.465 e. The monoisotopic (exact) mass is 133 g/mol. The van der Waals surface area contributed by atoms with Crippen molar-refractivity contribution in [3.8, 4) is 0 Å². The van der Waals surface area contributed by atoms with Crippen LogP contribution in [0.15, 0.2) is 0 Å². The number of nitrogens with zero attached hydrogens (tertiary/aromatic N) is 1. The van der Waals surface area contributed by atoms with Gasteiger partial charge in [-0.1, -0.05) is 0 Å². The van der Waals surface area contributed by atoms with Gasteiger partial charge in [-0.25, -0.2) is 4.79 Å². The van der Waals surface area contributed by atoms with Crippen LogP contribution >= 0.6 is 0 Å². The van der Waals surface area contributed by atoms with E-state index in [1.165, 1.54) is 7.05 Å². The molecule has 0 bridgehead atoms. The standard InChI is InChI=1S/C5H11NO3/c1-4(7)3-6(2)5(8)9/h4,7H,3H2,1-2H3,(H,8,9). The lowest BCUT2D eigenvalue weighted by molar-refractivity contribution is 0.117. The molecule has 0 spiro atoms. The highest BCUT2D eigenvalue weighted by atomic mass is 16.4. The van der Waals surface area contributed by atoms with Gasteiger partial charge in [-0.2, -0.15) is 0 Å². The first-order valence-electron chi connectivity index (χ1n) is 2.66. The molecule has 4 heteroatoms. The fourth-order valence-corrected chi connectivity index (χ4v) is 0.474. The van der Waals surface area contributed by atoms with Crippen LogP contribution in [0.5, 0.6) is 0 Å². The Morgan fingerprint density at radius 1 is 1.78 bits per heavy atom. The van der Waals surface area contributed by atoms with Crippen molar-refractivity contribution in [2.45, 2.75) is 13.0 Å². The van der Waals surface area contributed by atoms with Gasteiger partial charge < -0.3 is 15.1 Å². The number of aliphatic hydroxyl groups is 1. The molecule has 0 fully saturated rings. The third kappa shape index (κ3) is 3.78. The molecule has 1 unspecified atom stereocenters. The van der Waals surface area contributed by atoms with E-state index in [9.17, 15) is 4.79 Å². The molecule has 0 heterocycles. The molecule has 0 aromatic carbocycles. The maximum Gasteiger partial charge on any atom is 0.407 e. The first-order chi connectivity index (χ1) is 4.04. The van der Waals surface area contributed by atoms with E-state index < -0.39 is 12.2 Å². The number of hydrogen-bond acceptors (Lipinski definition) is 2. The minimum atomic E-state index is -1.02. The highest BCUT2D eigenvalue weighted by Crippen LogP contribution is 1.86. The summed E-state index contributed by atoms with van der Waals surface area (Å²) in [7, 11) is 1.41. The lowest BCUT2D eigenvalue weighted by atomic mass is 10.4. The van der Waals surface area contributed by atoms with Crippen LogP contribution < -0.4 is 0 Å². The van der Waals surface area contributed by atoms with Gasteiger partial charge in [0.15, 0.2) is 0 Å². The average Bonchev–Trinajstić information content (AvgIpc) is 1.63. The Balaban J connectivity index is 3.50. The van der Waals surface area contributed by atoms with E-state index in [0.717, 1.165) is 4.90 Å². The number of hydrogen-bond donors (Lipinski definition) is 2. The molecule has 4 nitrogen and oxygen atoms in total. The quantitative estimate of drug-likeness (QED) is 0.556. The van der Waals surface area contributed by atoms with Crippen LogP contribution in [0.25, 0.3) is 0 Å². The second-order valence-electron chi connectivity index (χ2n) is 2.01. The summed E-state index contributed by atoms with van der Waals surface area (Å²) in [5.41, 5.74) is 0. The van der Waals surface area contributed by atoms with Crippen LogP contribution in [0.1, 0.15) is 6.92 Å². The van der Waals surface area contributed by atoms with E-state index in [4.69, 9.17) is 10.2 Å². The van der Waals surface area contributed by atoms with E-state index >= 15 is 0 Å². The number of likely N-dealkylation sites (N-methyl/N-ethyl adjacent to an activating group) is 1. The highest BCUT2D eigenvalue weighted by molar-refractivity contribution is 5.64. The van der Waals surface area contributed by atoms with Crippen molar-refractivity contribution in [1.82, 2.24) is 4.90 Å². The van der Waals surface area contributed by atoms with Crippen molar-refractivity contribution < 1.29 is 15.0 Å². The van der Waals surface area contributed by atoms with E-state index in [1.807, 2.05) is 0 Å². The molecule has 0 rings (SSSR count). The lowest BCUT2D eigenvalue weighted by Crippen LogP contribution is -2.31. The summed E-state index contributed by atoms with van der Waals surface area (Å²) in [6, 6.07) is 0. The Hall–Kier alpha value is -0.770. The third-order valence-corrected chi connectivity index (χ3v) is 0.865. The molecule has 0 saturated heterocycles. The Labute approximate surface area is 53.7 Å². The number of rotatable bonds is 2. The fourth-order valence-electron chi connectivity index (χ4n) is 0.474. The molecular weight excluding hydrogens is 122 g/mol. The van der Waals surface area contributed by atoms with Gasteiger partial charge in [-0.15, -0.1) is 0 Å². The zero-order chi connectivity index (χ0) is 7.44. The Morgan fingerprint density at radius 2 is 2.22 bits per heavy atom. The second-order valence-corrected chi connectivity index (χ2v) is 2.01. The van der Waals surface area contributed by atoms with Crippen molar-refractivity contribution in [2.24, 2.45) is 0 Å². The number of carboxylic acid groups (broad SMARTS) is 1. The predicted molar refractivity (Wildman–Crippen MR) is 32.3 cm³/mol. The molecule has 0 radical (unpaired) electrons. The first kappa shape index (κ1) is 8.23. The molecule has 0 aliphatic carbocycles. The van der Waals surface area contributed by atoms with Gasteiger partial charge >= 0.3 is 6.09 Å². The minimum absolute atomic E-state index is 0.162. The Kier molecular flexibility index (Phi) is 3.01. The summed E-state index contributed by atoms with van der Waals surface area (Å²) in [6.07, 6.45) is -1.61. The summed E-state index contributed by atoms with van der Waals surface area (Å²) in [5.74, 6) is 0. The molecule has 0 aliphatic heterocycles. The van der Waals surface area contributed by atoms with E-state index in [0.29, 0.717) is 0 Å². The first-order valence-corrected chi connectivity index (χ1v) is 2.66. The maximum absolute atomic E-state index is 10.0. The van der Waals surface area contributed by atoms with Crippen molar-refractivity contribution in [1.29, 1.82) is 0 Å². The fraction of sp³-hybridized carbons (Fsp3) is 0.800. The van der Waals surface area contributed by atoms with Crippen molar-refractivity contribution in [2.75, 3.05) is 13.6 Å². The van der Waals surface area contributed by atoms with Crippen molar-refractivity contribution >= 4 is 6.09 Å². The van der Waals surface area contributed by atoms with Crippen LogP contribution in [-0.2, 0) is 0 Å². The van der Waals surface area contributed by atoms with Gasteiger partial charge in [-0.05, 0) is 6.92 Å². The van der Waals surface area contributed by atoms with Gasteiger partial charge in [0.25, 0.3) is 0 Å². The molecule has 0 aromatic rings. The number of carbonyl (C=O) groups is 1. The summed E-state index contributed by atoms with van der Waals surface area (Å²) >= 11 is 0. The molecule has 0 saturated carbocycles. The summed E-state index contributed by atoms with van der Waals surface area (Å²) in [6.45, 7) is 1.70. The number of amides is 1. The van der Waals surface area contributed by atoms with Gasteiger partial charge in [-0.3, -0.25) is 0 Å². The summed E-state index contributed by atoms with van der Waals surface area (Å²) in [4.78, 5) is 11.1. The Bertz CT molecular complexity index is 102. The molecule has 1 amide bonds. The Morgan fingerprint density at radius 3 is 2.33 bits per heavy atom. The topological polar surface area (TPSA) is 60.8 Å². The molecule has 1 atom stereocenters. The van der Waals surface area contributed by atoms with E-state index in [-0.39, 0.29) is 6.54 Å². The highest BCUT2D eigenvalue weighted by Gasteiger charge is 2.06. The van der Waals surface area contributed by atoms with Gasteiger partial charge in [0, 0.05) is 13.6 Å². The average molecular weight is 133 g/mol. The lowest BCUT2D eigenvalue weighted by Gasteiger charge is -2.13. The third-order valence-electron chi connectivity index (χ3n) is 0.865. The molecule has 0 aliphatic rings. The van der Waals surface area contributed by atoms with Crippen molar-refractivity contribution in [3.63, 3.8) is 0 Å². The summed E-state index contributed by atoms with van der Waals surface area (Å²) < 4.78 is 0. The van der Waals surface area contributed by atoms with Gasteiger partial charge in [0.05, 0.1) is 6.10 Å². The van der Waals surface area contributed by atoms with Crippen LogP contribution in [0.2, 0.25) is 0 Å².